The first kappa shape index (κ1) is 14.8. The van der Waals surface area contributed by atoms with Crippen molar-refractivity contribution in [2.75, 3.05) is 19.6 Å². The lowest BCUT2D eigenvalue weighted by atomic mass is 9.81. The van der Waals surface area contributed by atoms with Gasteiger partial charge in [0.25, 0.3) is 5.91 Å². The average Bonchev–Trinajstić information content (AvgIpc) is 2.40. The Labute approximate surface area is 127 Å². The highest BCUT2D eigenvalue weighted by Crippen LogP contribution is 2.28. The highest BCUT2D eigenvalue weighted by atomic mass is 79.9. The molecule has 1 amide bonds. The molecule has 1 fully saturated rings. The number of rotatable bonds is 3. The third-order valence-electron chi connectivity index (χ3n) is 3.68. The second kappa shape index (κ2) is 6.25. The summed E-state index contributed by atoms with van der Waals surface area (Å²) in [7, 11) is 0. The van der Waals surface area contributed by atoms with Gasteiger partial charge >= 0.3 is 0 Å². The molecule has 0 spiro atoms. The SMILES string of the molecule is CC1(CNC(=O)c2cccc(Br)c2Cl)CCNCC1. The Morgan fingerprint density at radius 3 is 2.84 bits per heavy atom. The summed E-state index contributed by atoms with van der Waals surface area (Å²) < 4.78 is 0.745. The van der Waals surface area contributed by atoms with Gasteiger partial charge in [-0.2, -0.15) is 0 Å². The van der Waals surface area contributed by atoms with E-state index >= 15 is 0 Å². The van der Waals surface area contributed by atoms with E-state index in [0.29, 0.717) is 17.1 Å². The predicted octanol–water partition coefficient (Wildman–Crippen LogP) is 3.22. The number of carbonyl (C=O) groups excluding carboxylic acids is 1. The molecule has 1 aliphatic rings. The number of benzene rings is 1. The molecule has 1 aromatic rings. The predicted molar refractivity (Wildman–Crippen MR) is 81.7 cm³/mol. The molecule has 19 heavy (non-hydrogen) atoms. The molecular formula is C14H18BrClN2O. The fourth-order valence-corrected chi connectivity index (χ4v) is 2.85. The molecule has 0 unspecified atom stereocenters. The highest BCUT2D eigenvalue weighted by Gasteiger charge is 2.27. The van der Waals surface area contributed by atoms with Crippen LogP contribution in [-0.2, 0) is 0 Å². The monoisotopic (exact) mass is 344 g/mol. The number of hydrogen-bond donors (Lipinski definition) is 2. The highest BCUT2D eigenvalue weighted by molar-refractivity contribution is 9.10. The molecule has 5 heteroatoms. The maximum atomic E-state index is 12.2. The van der Waals surface area contributed by atoms with Gasteiger partial charge in [-0.25, -0.2) is 0 Å². The van der Waals surface area contributed by atoms with Crippen LogP contribution in [0, 0.1) is 5.41 Å². The van der Waals surface area contributed by atoms with Gasteiger partial charge < -0.3 is 10.6 Å². The van der Waals surface area contributed by atoms with Crippen molar-refractivity contribution in [1.82, 2.24) is 10.6 Å². The second-order valence-corrected chi connectivity index (χ2v) is 6.58. The summed E-state index contributed by atoms with van der Waals surface area (Å²) in [6.45, 7) is 4.95. The van der Waals surface area contributed by atoms with Gasteiger partial charge in [0.1, 0.15) is 0 Å². The zero-order chi connectivity index (χ0) is 13.9. The summed E-state index contributed by atoms with van der Waals surface area (Å²) in [5, 5.41) is 6.81. The van der Waals surface area contributed by atoms with Crippen molar-refractivity contribution in [1.29, 1.82) is 0 Å². The Morgan fingerprint density at radius 2 is 2.16 bits per heavy atom. The Kier molecular flexibility index (Phi) is 4.87. The van der Waals surface area contributed by atoms with E-state index in [-0.39, 0.29) is 11.3 Å². The summed E-state index contributed by atoms with van der Waals surface area (Å²) in [6, 6.07) is 5.39. The molecule has 1 heterocycles. The third kappa shape index (κ3) is 3.71. The number of hydrogen-bond acceptors (Lipinski definition) is 2. The normalized spacial score (nSPS) is 18.1. The van der Waals surface area contributed by atoms with Crippen LogP contribution in [-0.4, -0.2) is 25.5 Å². The van der Waals surface area contributed by atoms with Gasteiger partial charge in [-0.05, 0) is 59.4 Å². The van der Waals surface area contributed by atoms with E-state index in [2.05, 4.69) is 33.5 Å². The van der Waals surface area contributed by atoms with Crippen LogP contribution in [0.4, 0.5) is 0 Å². The largest absolute Gasteiger partial charge is 0.351 e. The van der Waals surface area contributed by atoms with Crippen molar-refractivity contribution in [3.63, 3.8) is 0 Å². The maximum absolute atomic E-state index is 12.2. The van der Waals surface area contributed by atoms with Crippen molar-refractivity contribution >= 4 is 33.4 Å². The van der Waals surface area contributed by atoms with E-state index < -0.39 is 0 Å². The van der Waals surface area contributed by atoms with Crippen molar-refractivity contribution in [2.24, 2.45) is 5.41 Å². The average molecular weight is 346 g/mol. The number of nitrogens with one attached hydrogen (secondary N) is 2. The minimum absolute atomic E-state index is 0.106. The Hall–Kier alpha value is -0.580. The summed E-state index contributed by atoms with van der Waals surface area (Å²) in [5.41, 5.74) is 0.702. The smallest absolute Gasteiger partial charge is 0.252 e. The van der Waals surface area contributed by atoms with Gasteiger partial charge in [-0.3, -0.25) is 4.79 Å². The summed E-state index contributed by atoms with van der Waals surface area (Å²) in [6.07, 6.45) is 2.17. The molecule has 0 saturated carbocycles. The van der Waals surface area contributed by atoms with Crippen LogP contribution in [0.25, 0.3) is 0 Å². The zero-order valence-corrected chi connectivity index (χ0v) is 13.3. The Bertz CT molecular complexity index is 473. The number of halogens is 2. The lowest BCUT2D eigenvalue weighted by Crippen LogP contribution is -2.42. The van der Waals surface area contributed by atoms with Crippen molar-refractivity contribution < 1.29 is 4.79 Å². The lowest BCUT2D eigenvalue weighted by Gasteiger charge is -2.34. The minimum Gasteiger partial charge on any atom is -0.351 e. The quantitative estimate of drug-likeness (QED) is 0.883. The lowest BCUT2D eigenvalue weighted by molar-refractivity contribution is 0.0922. The third-order valence-corrected chi connectivity index (χ3v) is 4.98. The van der Waals surface area contributed by atoms with Crippen molar-refractivity contribution in [2.45, 2.75) is 19.8 Å². The fourth-order valence-electron chi connectivity index (χ4n) is 2.28. The molecule has 2 N–H and O–H groups in total. The van der Waals surface area contributed by atoms with Crippen LogP contribution >= 0.6 is 27.5 Å². The molecule has 0 atom stereocenters. The van der Waals surface area contributed by atoms with Gasteiger partial charge in [-0.15, -0.1) is 0 Å². The van der Waals surface area contributed by atoms with Crippen LogP contribution in [0.2, 0.25) is 5.02 Å². The minimum atomic E-state index is -0.106. The standard InChI is InChI=1S/C14H18BrClN2O/c1-14(5-7-17-8-6-14)9-18-13(19)10-3-2-4-11(15)12(10)16/h2-4,17H,5-9H2,1H3,(H,18,19). The second-order valence-electron chi connectivity index (χ2n) is 5.34. The molecular weight excluding hydrogens is 328 g/mol. The van der Waals surface area contributed by atoms with E-state index in [0.717, 1.165) is 30.4 Å². The van der Waals surface area contributed by atoms with Gasteiger partial charge in [0, 0.05) is 11.0 Å². The van der Waals surface area contributed by atoms with Crippen LogP contribution in [0.1, 0.15) is 30.1 Å². The first-order chi connectivity index (χ1) is 9.02. The van der Waals surface area contributed by atoms with Crippen LogP contribution < -0.4 is 10.6 Å². The number of amides is 1. The van der Waals surface area contributed by atoms with E-state index in [9.17, 15) is 4.79 Å². The molecule has 1 aromatic carbocycles. The van der Waals surface area contributed by atoms with Gasteiger partial charge in [0.05, 0.1) is 10.6 Å². The van der Waals surface area contributed by atoms with E-state index in [1.165, 1.54) is 0 Å². The van der Waals surface area contributed by atoms with Crippen LogP contribution in [0.5, 0.6) is 0 Å². The van der Waals surface area contributed by atoms with E-state index in [1.54, 1.807) is 6.07 Å². The van der Waals surface area contributed by atoms with Gasteiger partial charge in [-0.1, -0.05) is 24.6 Å². The summed E-state index contributed by atoms with van der Waals surface area (Å²) >= 11 is 9.46. The van der Waals surface area contributed by atoms with Crippen LogP contribution in [0.3, 0.4) is 0 Å². The molecule has 0 radical (unpaired) electrons. The van der Waals surface area contributed by atoms with E-state index in [1.807, 2.05) is 12.1 Å². The van der Waals surface area contributed by atoms with Crippen LogP contribution in [0.15, 0.2) is 22.7 Å². The molecule has 0 aromatic heterocycles. The van der Waals surface area contributed by atoms with E-state index in [4.69, 9.17) is 11.6 Å². The molecule has 1 aliphatic heterocycles. The molecule has 104 valence electrons. The van der Waals surface area contributed by atoms with Gasteiger partial charge in [0.2, 0.25) is 0 Å². The molecule has 3 nitrogen and oxygen atoms in total. The van der Waals surface area contributed by atoms with Crippen molar-refractivity contribution in [3.05, 3.63) is 33.3 Å². The number of piperidine rings is 1. The fraction of sp³-hybridized carbons (Fsp3) is 0.500. The summed E-state index contributed by atoms with van der Waals surface area (Å²) in [4.78, 5) is 12.2. The number of carbonyl (C=O) groups is 1. The Morgan fingerprint density at radius 1 is 1.47 bits per heavy atom. The molecule has 1 saturated heterocycles. The molecule has 0 aliphatic carbocycles. The first-order valence-corrected chi connectivity index (χ1v) is 7.62. The maximum Gasteiger partial charge on any atom is 0.252 e. The zero-order valence-electron chi connectivity index (χ0n) is 10.9. The Balaban J connectivity index is 1.99. The van der Waals surface area contributed by atoms with Gasteiger partial charge in [0.15, 0.2) is 0 Å². The molecule has 2 rings (SSSR count). The van der Waals surface area contributed by atoms with Crippen molar-refractivity contribution in [3.8, 4) is 0 Å². The summed E-state index contributed by atoms with van der Waals surface area (Å²) in [5.74, 6) is -0.106. The first-order valence-electron chi connectivity index (χ1n) is 6.45. The topological polar surface area (TPSA) is 41.1 Å². The molecule has 0 bridgehead atoms.